The lowest BCUT2D eigenvalue weighted by Crippen LogP contribution is -2.42. The molecule has 0 radical (unpaired) electrons. The highest BCUT2D eigenvalue weighted by Crippen LogP contribution is 2.39. The standard InChI is InChI=1S/C33H42N8O4/c1-21-27(18-34-29-28(21)41(15-16-44-29)32(43)45-33(2,3)4)39-13-11-23-17-35-31(37-26(23)20-39)36-24-9-7-22(8-10-24)30(42)40-14-12-25(19-40)38(5)6/h7-10,17-18,25H,11-16,19-20H2,1-6H3,(H,35,36,37)/t25-/m1/s1. The van der Waals surface area contributed by atoms with Crippen molar-refractivity contribution < 1.29 is 19.1 Å². The van der Waals surface area contributed by atoms with E-state index in [1.807, 2.05) is 69.3 Å². The predicted molar refractivity (Wildman–Crippen MR) is 173 cm³/mol. The monoisotopic (exact) mass is 614 g/mol. The van der Waals surface area contributed by atoms with Crippen LogP contribution >= 0.6 is 0 Å². The quantitative estimate of drug-likeness (QED) is 0.444. The number of nitrogens with zero attached hydrogens (tertiary/aromatic N) is 7. The Kier molecular flexibility index (Phi) is 8.25. The van der Waals surface area contributed by atoms with Gasteiger partial charge in [0.15, 0.2) is 0 Å². The molecule has 0 spiro atoms. The van der Waals surface area contributed by atoms with Gasteiger partial charge in [0.25, 0.3) is 5.91 Å². The van der Waals surface area contributed by atoms with Crippen LogP contribution in [-0.4, -0.2) is 95.3 Å². The summed E-state index contributed by atoms with van der Waals surface area (Å²) in [7, 11) is 4.12. The summed E-state index contributed by atoms with van der Waals surface area (Å²) >= 11 is 0. The van der Waals surface area contributed by atoms with Gasteiger partial charge in [-0.15, -0.1) is 0 Å². The highest BCUT2D eigenvalue weighted by atomic mass is 16.6. The van der Waals surface area contributed by atoms with Crippen LogP contribution in [0.2, 0.25) is 0 Å². The van der Waals surface area contributed by atoms with E-state index >= 15 is 0 Å². The molecule has 1 N–H and O–H groups in total. The van der Waals surface area contributed by atoms with E-state index < -0.39 is 11.7 Å². The Morgan fingerprint density at radius 1 is 1.07 bits per heavy atom. The fourth-order valence-electron chi connectivity index (χ4n) is 6.07. The minimum Gasteiger partial charge on any atom is -0.474 e. The summed E-state index contributed by atoms with van der Waals surface area (Å²) in [4.78, 5) is 48.1. The minimum absolute atomic E-state index is 0.0590. The molecule has 6 rings (SSSR count). The number of amides is 2. The van der Waals surface area contributed by atoms with Crippen LogP contribution in [0.5, 0.6) is 5.88 Å². The number of likely N-dealkylation sites (N-methyl/N-ethyl adjacent to an activating group) is 1. The van der Waals surface area contributed by atoms with Crippen molar-refractivity contribution in [1.82, 2.24) is 24.8 Å². The van der Waals surface area contributed by atoms with Crippen LogP contribution in [0, 0.1) is 6.92 Å². The molecule has 0 unspecified atom stereocenters. The lowest BCUT2D eigenvalue weighted by molar-refractivity contribution is 0.0566. The number of benzene rings is 1. The summed E-state index contributed by atoms with van der Waals surface area (Å²) < 4.78 is 11.5. The third-order valence-corrected chi connectivity index (χ3v) is 8.54. The Bertz CT molecular complexity index is 1590. The zero-order chi connectivity index (χ0) is 31.9. The van der Waals surface area contributed by atoms with Gasteiger partial charge in [-0.05, 0) is 84.5 Å². The average Bonchev–Trinajstić information content (AvgIpc) is 3.51. The molecule has 3 aliphatic heterocycles. The Morgan fingerprint density at radius 3 is 2.56 bits per heavy atom. The van der Waals surface area contributed by atoms with E-state index in [1.165, 1.54) is 0 Å². The summed E-state index contributed by atoms with van der Waals surface area (Å²) in [5, 5.41) is 3.30. The molecule has 1 saturated heterocycles. The third kappa shape index (κ3) is 6.51. The number of fused-ring (bicyclic) bond motifs is 2. The lowest BCUT2D eigenvalue weighted by Gasteiger charge is -2.35. The van der Waals surface area contributed by atoms with Gasteiger partial charge in [-0.2, -0.15) is 0 Å². The van der Waals surface area contributed by atoms with Gasteiger partial charge in [-0.1, -0.05) is 0 Å². The number of carbonyl (C=O) groups is 2. The lowest BCUT2D eigenvalue weighted by atomic mass is 10.0. The Labute approximate surface area is 264 Å². The van der Waals surface area contributed by atoms with Crippen molar-refractivity contribution in [1.29, 1.82) is 0 Å². The van der Waals surface area contributed by atoms with E-state index in [-0.39, 0.29) is 5.91 Å². The largest absolute Gasteiger partial charge is 0.474 e. The van der Waals surface area contributed by atoms with Gasteiger partial charge in [0.05, 0.1) is 30.7 Å². The number of anilines is 4. The van der Waals surface area contributed by atoms with Gasteiger partial charge in [-0.25, -0.2) is 19.7 Å². The molecule has 0 bridgehead atoms. The first-order valence-corrected chi connectivity index (χ1v) is 15.5. The molecular weight excluding hydrogens is 572 g/mol. The normalized spacial score (nSPS) is 17.9. The molecule has 2 aromatic heterocycles. The molecule has 3 aromatic rings. The van der Waals surface area contributed by atoms with Gasteiger partial charge in [0.2, 0.25) is 11.8 Å². The maximum atomic E-state index is 13.1. The molecule has 1 fully saturated rings. The second-order valence-corrected chi connectivity index (χ2v) is 13.1. The van der Waals surface area contributed by atoms with Crippen molar-refractivity contribution in [2.45, 2.75) is 58.7 Å². The number of pyridine rings is 1. The summed E-state index contributed by atoms with van der Waals surface area (Å²) in [6.07, 6.45) is 5.05. The van der Waals surface area contributed by atoms with E-state index in [1.54, 1.807) is 4.90 Å². The molecule has 1 aromatic carbocycles. The van der Waals surface area contributed by atoms with Crippen LogP contribution < -0.4 is 19.9 Å². The van der Waals surface area contributed by atoms with Crippen LogP contribution in [0.4, 0.5) is 27.8 Å². The van der Waals surface area contributed by atoms with Gasteiger partial charge >= 0.3 is 6.09 Å². The third-order valence-electron chi connectivity index (χ3n) is 8.54. The van der Waals surface area contributed by atoms with Crippen molar-refractivity contribution in [3.8, 4) is 5.88 Å². The summed E-state index contributed by atoms with van der Waals surface area (Å²) in [5.41, 5.74) is 5.36. The first kappa shape index (κ1) is 30.6. The van der Waals surface area contributed by atoms with Crippen LogP contribution in [0.15, 0.2) is 36.7 Å². The summed E-state index contributed by atoms with van der Waals surface area (Å²) in [6.45, 7) is 11.2. The Morgan fingerprint density at radius 2 is 1.84 bits per heavy atom. The molecule has 0 aliphatic carbocycles. The van der Waals surface area contributed by atoms with Crippen LogP contribution in [-0.2, 0) is 17.7 Å². The molecule has 0 saturated carbocycles. The number of hydrogen-bond donors (Lipinski definition) is 1. The molecular formula is C33H42N8O4. The number of rotatable bonds is 5. The smallest absolute Gasteiger partial charge is 0.415 e. The van der Waals surface area contributed by atoms with E-state index in [0.717, 1.165) is 60.7 Å². The van der Waals surface area contributed by atoms with E-state index in [0.29, 0.717) is 48.8 Å². The topological polar surface area (TPSA) is 116 Å². The van der Waals surface area contributed by atoms with Crippen LogP contribution in [0.1, 0.15) is 54.4 Å². The zero-order valence-electron chi connectivity index (χ0n) is 27.0. The maximum Gasteiger partial charge on any atom is 0.415 e. The zero-order valence-corrected chi connectivity index (χ0v) is 27.0. The molecule has 1 atom stereocenters. The molecule has 2 amide bonds. The van der Waals surface area contributed by atoms with Gasteiger partial charge in [0.1, 0.15) is 17.9 Å². The number of aromatic nitrogens is 3. The molecule has 12 nitrogen and oxygen atoms in total. The minimum atomic E-state index is -0.612. The Hall–Kier alpha value is -4.45. The van der Waals surface area contributed by atoms with Crippen molar-refractivity contribution in [2.75, 3.05) is 62.0 Å². The van der Waals surface area contributed by atoms with E-state index in [9.17, 15) is 9.59 Å². The first-order valence-electron chi connectivity index (χ1n) is 15.5. The fourth-order valence-corrected chi connectivity index (χ4v) is 6.07. The number of nitrogens with one attached hydrogen (secondary N) is 1. The Balaban J connectivity index is 1.16. The van der Waals surface area contributed by atoms with E-state index in [2.05, 4.69) is 39.2 Å². The SMILES string of the molecule is Cc1c(N2CCc3cnc(Nc4ccc(C(=O)N5CC[C@@H](N(C)C)C5)cc4)nc3C2)cnc2c1N(C(=O)OC(C)(C)C)CCO2. The second kappa shape index (κ2) is 12.2. The second-order valence-electron chi connectivity index (χ2n) is 13.1. The van der Waals surface area contributed by atoms with E-state index in [4.69, 9.17) is 14.5 Å². The highest BCUT2D eigenvalue weighted by Gasteiger charge is 2.33. The molecule has 3 aliphatic rings. The number of carbonyl (C=O) groups excluding carboxylic acids is 2. The molecule has 45 heavy (non-hydrogen) atoms. The maximum absolute atomic E-state index is 13.1. The summed E-state index contributed by atoms with van der Waals surface area (Å²) in [5.74, 6) is 0.988. The van der Waals surface area contributed by atoms with Crippen molar-refractivity contribution >= 4 is 35.0 Å². The number of hydrogen-bond acceptors (Lipinski definition) is 10. The van der Waals surface area contributed by atoms with Crippen molar-refractivity contribution in [2.24, 2.45) is 0 Å². The van der Waals surface area contributed by atoms with Gasteiger partial charge < -0.3 is 29.5 Å². The summed E-state index contributed by atoms with van der Waals surface area (Å²) in [6, 6.07) is 7.89. The molecule has 238 valence electrons. The van der Waals surface area contributed by atoms with Gasteiger partial charge in [-0.3, -0.25) is 9.69 Å². The van der Waals surface area contributed by atoms with Crippen LogP contribution in [0.25, 0.3) is 0 Å². The van der Waals surface area contributed by atoms with Gasteiger partial charge in [0, 0.05) is 48.7 Å². The number of ether oxygens (including phenoxy) is 2. The van der Waals surface area contributed by atoms with Crippen molar-refractivity contribution in [3.63, 3.8) is 0 Å². The number of likely N-dealkylation sites (tertiary alicyclic amines) is 1. The predicted octanol–water partition coefficient (Wildman–Crippen LogP) is 4.40. The van der Waals surface area contributed by atoms with Crippen molar-refractivity contribution in [3.05, 3.63) is 59.0 Å². The average molecular weight is 615 g/mol. The highest BCUT2D eigenvalue weighted by molar-refractivity contribution is 5.95. The molecule has 5 heterocycles. The fraction of sp³-hybridized carbons (Fsp3) is 0.485. The first-order chi connectivity index (χ1) is 21.5. The van der Waals surface area contributed by atoms with Crippen LogP contribution in [0.3, 0.4) is 0 Å². The molecule has 12 heteroatoms.